The molecule has 2 rings (SSSR count). The summed E-state index contributed by atoms with van der Waals surface area (Å²) in [6.07, 6.45) is 1.37. The van der Waals surface area contributed by atoms with Crippen LogP contribution in [0.5, 0.6) is 0 Å². The number of likely N-dealkylation sites (tertiary alicyclic amines) is 1. The standard InChI is InChI=1S/C15H18FNO3S/c16-12-3-1-2-4-13(12)21-10-7-14(18)17-8-5-11(6-9-17)15(19)20/h1-4,11H,5-10H2,(H,19,20). The van der Waals surface area contributed by atoms with Crippen molar-refractivity contribution in [2.45, 2.75) is 24.2 Å². The first-order chi connectivity index (χ1) is 10.1. The van der Waals surface area contributed by atoms with Gasteiger partial charge in [-0.05, 0) is 25.0 Å². The summed E-state index contributed by atoms with van der Waals surface area (Å²) in [5.74, 6) is -0.836. The lowest BCUT2D eigenvalue weighted by Crippen LogP contribution is -2.40. The van der Waals surface area contributed by atoms with Crippen LogP contribution in [0.3, 0.4) is 0 Å². The van der Waals surface area contributed by atoms with Crippen molar-refractivity contribution in [3.05, 3.63) is 30.1 Å². The molecule has 0 aliphatic carbocycles. The Hall–Kier alpha value is -1.56. The molecule has 1 saturated heterocycles. The van der Waals surface area contributed by atoms with E-state index in [1.54, 1.807) is 23.1 Å². The van der Waals surface area contributed by atoms with E-state index in [-0.39, 0.29) is 17.6 Å². The molecule has 0 bridgehead atoms. The van der Waals surface area contributed by atoms with E-state index < -0.39 is 5.97 Å². The van der Waals surface area contributed by atoms with E-state index in [4.69, 9.17) is 5.11 Å². The number of aliphatic carboxylic acids is 1. The maximum atomic E-state index is 13.4. The summed E-state index contributed by atoms with van der Waals surface area (Å²) in [4.78, 5) is 25.1. The van der Waals surface area contributed by atoms with Crippen LogP contribution < -0.4 is 0 Å². The highest BCUT2D eigenvalue weighted by Gasteiger charge is 2.26. The van der Waals surface area contributed by atoms with Crippen molar-refractivity contribution in [2.24, 2.45) is 5.92 Å². The minimum atomic E-state index is -0.780. The Morgan fingerprint density at radius 1 is 1.29 bits per heavy atom. The lowest BCUT2D eigenvalue weighted by atomic mass is 9.97. The van der Waals surface area contributed by atoms with Crippen molar-refractivity contribution in [1.82, 2.24) is 4.90 Å². The molecule has 1 heterocycles. The second-order valence-electron chi connectivity index (χ2n) is 5.02. The number of carbonyl (C=O) groups excluding carboxylic acids is 1. The molecule has 1 fully saturated rings. The molecule has 1 amide bonds. The predicted octanol–water partition coefficient (Wildman–Crippen LogP) is 2.63. The van der Waals surface area contributed by atoms with Crippen molar-refractivity contribution in [1.29, 1.82) is 0 Å². The van der Waals surface area contributed by atoms with E-state index in [1.807, 2.05) is 0 Å². The summed E-state index contributed by atoms with van der Waals surface area (Å²) in [5, 5.41) is 8.91. The molecule has 1 aliphatic heterocycles. The van der Waals surface area contributed by atoms with Crippen LogP contribution in [-0.2, 0) is 9.59 Å². The number of rotatable bonds is 5. The number of carboxylic acid groups (broad SMARTS) is 1. The zero-order valence-corrected chi connectivity index (χ0v) is 12.4. The van der Waals surface area contributed by atoms with E-state index in [2.05, 4.69) is 0 Å². The second kappa shape index (κ2) is 7.45. The topological polar surface area (TPSA) is 57.6 Å². The molecule has 114 valence electrons. The average Bonchev–Trinajstić information content (AvgIpc) is 2.49. The Kier molecular flexibility index (Phi) is 5.61. The minimum Gasteiger partial charge on any atom is -0.481 e. The van der Waals surface area contributed by atoms with E-state index in [1.165, 1.54) is 17.8 Å². The SMILES string of the molecule is O=C(O)C1CCN(C(=O)CCSc2ccccc2F)CC1. The van der Waals surface area contributed by atoms with Gasteiger partial charge in [0.2, 0.25) is 5.91 Å². The van der Waals surface area contributed by atoms with Gasteiger partial charge in [-0.1, -0.05) is 12.1 Å². The Balaban J connectivity index is 1.73. The maximum Gasteiger partial charge on any atom is 0.306 e. The van der Waals surface area contributed by atoms with Gasteiger partial charge in [-0.3, -0.25) is 9.59 Å². The number of halogens is 1. The Morgan fingerprint density at radius 2 is 1.95 bits per heavy atom. The van der Waals surface area contributed by atoms with E-state index >= 15 is 0 Å². The number of thioether (sulfide) groups is 1. The summed E-state index contributed by atoms with van der Waals surface area (Å²) in [7, 11) is 0. The fourth-order valence-electron chi connectivity index (χ4n) is 2.34. The highest BCUT2D eigenvalue weighted by Crippen LogP contribution is 2.23. The van der Waals surface area contributed by atoms with Crippen LogP contribution in [-0.4, -0.2) is 40.7 Å². The zero-order valence-electron chi connectivity index (χ0n) is 11.6. The summed E-state index contributed by atoms with van der Waals surface area (Å²) in [5.41, 5.74) is 0. The molecule has 0 atom stereocenters. The molecule has 4 nitrogen and oxygen atoms in total. The van der Waals surface area contributed by atoms with Crippen molar-refractivity contribution in [3.8, 4) is 0 Å². The fourth-order valence-corrected chi connectivity index (χ4v) is 3.22. The van der Waals surface area contributed by atoms with Crippen molar-refractivity contribution in [2.75, 3.05) is 18.8 Å². The zero-order chi connectivity index (χ0) is 15.2. The van der Waals surface area contributed by atoms with Crippen LogP contribution in [0.25, 0.3) is 0 Å². The number of carboxylic acids is 1. The number of benzene rings is 1. The number of hydrogen-bond donors (Lipinski definition) is 1. The quantitative estimate of drug-likeness (QED) is 0.849. The molecule has 0 saturated carbocycles. The maximum absolute atomic E-state index is 13.4. The first kappa shape index (κ1) is 15.8. The molecule has 1 aliphatic rings. The highest BCUT2D eigenvalue weighted by molar-refractivity contribution is 7.99. The van der Waals surface area contributed by atoms with Gasteiger partial charge >= 0.3 is 5.97 Å². The highest BCUT2D eigenvalue weighted by atomic mass is 32.2. The second-order valence-corrected chi connectivity index (χ2v) is 6.16. The van der Waals surface area contributed by atoms with E-state index in [9.17, 15) is 14.0 Å². The van der Waals surface area contributed by atoms with Gasteiger partial charge in [-0.15, -0.1) is 11.8 Å². The molecule has 21 heavy (non-hydrogen) atoms. The summed E-state index contributed by atoms with van der Waals surface area (Å²) in [6.45, 7) is 1.00. The normalized spacial score (nSPS) is 16.0. The van der Waals surface area contributed by atoms with Crippen molar-refractivity contribution < 1.29 is 19.1 Å². The number of amides is 1. The van der Waals surface area contributed by atoms with Gasteiger partial charge in [-0.2, -0.15) is 0 Å². The first-order valence-electron chi connectivity index (χ1n) is 6.96. The number of carbonyl (C=O) groups is 2. The first-order valence-corrected chi connectivity index (χ1v) is 7.94. The minimum absolute atomic E-state index is 0.0164. The van der Waals surface area contributed by atoms with Gasteiger partial charge in [-0.25, -0.2) is 4.39 Å². The van der Waals surface area contributed by atoms with Crippen LogP contribution in [0.1, 0.15) is 19.3 Å². The largest absolute Gasteiger partial charge is 0.481 e. The van der Waals surface area contributed by atoms with Crippen LogP contribution in [0, 0.1) is 11.7 Å². The van der Waals surface area contributed by atoms with E-state index in [0.717, 1.165) is 0 Å². The van der Waals surface area contributed by atoms with Gasteiger partial charge in [0.05, 0.1) is 5.92 Å². The van der Waals surface area contributed by atoms with Crippen LogP contribution in [0.15, 0.2) is 29.2 Å². The number of nitrogens with zero attached hydrogens (tertiary/aromatic N) is 1. The molecule has 1 N–H and O–H groups in total. The van der Waals surface area contributed by atoms with Crippen LogP contribution in [0.4, 0.5) is 4.39 Å². The third-order valence-electron chi connectivity index (χ3n) is 3.61. The molecule has 1 aromatic carbocycles. The molecule has 0 spiro atoms. The monoisotopic (exact) mass is 311 g/mol. The smallest absolute Gasteiger partial charge is 0.306 e. The molecule has 0 unspecified atom stereocenters. The third kappa shape index (κ3) is 4.46. The van der Waals surface area contributed by atoms with Crippen molar-refractivity contribution in [3.63, 3.8) is 0 Å². The molecule has 6 heteroatoms. The van der Waals surface area contributed by atoms with Gasteiger partial charge < -0.3 is 10.0 Å². The van der Waals surface area contributed by atoms with Gasteiger partial charge in [0.15, 0.2) is 0 Å². The Bertz CT molecular complexity index is 515. The molecule has 0 radical (unpaired) electrons. The fraction of sp³-hybridized carbons (Fsp3) is 0.467. The van der Waals surface area contributed by atoms with Crippen molar-refractivity contribution >= 4 is 23.6 Å². The van der Waals surface area contributed by atoms with Gasteiger partial charge in [0, 0.05) is 30.2 Å². The van der Waals surface area contributed by atoms with E-state index in [0.29, 0.717) is 43.0 Å². The molecular weight excluding hydrogens is 293 g/mol. The van der Waals surface area contributed by atoms with Crippen LogP contribution in [0.2, 0.25) is 0 Å². The van der Waals surface area contributed by atoms with Gasteiger partial charge in [0.1, 0.15) is 5.82 Å². The predicted molar refractivity (Wildman–Crippen MR) is 78.7 cm³/mol. The number of hydrogen-bond acceptors (Lipinski definition) is 3. The third-order valence-corrected chi connectivity index (χ3v) is 4.66. The Labute approximate surface area is 127 Å². The van der Waals surface area contributed by atoms with Gasteiger partial charge in [0.25, 0.3) is 0 Å². The molecule has 0 aromatic heterocycles. The molecule has 1 aromatic rings. The van der Waals surface area contributed by atoms with Crippen LogP contribution >= 0.6 is 11.8 Å². The lowest BCUT2D eigenvalue weighted by molar-refractivity contribution is -0.145. The number of piperidine rings is 1. The lowest BCUT2D eigenvalue weighted by Gasteiger charge is -2.30. The summed E-state index contributed by atoms with van der Waals surface area (Å²) >= 11 is 1.33. The average molecular weight is 311 g/mol. The Morgan fingerprint density at radius 3 is 2.57 bits per heavy atom. The summed E-state index contributed by atoms with van der Waals surface area (Å²) < 4.78 is 13.4. The molecular formula is C15H18FNO3S. The summed E-state index contributed by atoms with van der Waals surface area (Å²) in [6, 6.07) is 6.50.